The second-order valence-electron chi connectivity index (χ2n) is 3.79. The first-order chi connectivity index (χ1) is 8.72. The first-order valence-corrected chi connectivity index (χ1v) is 6.04. The van der Waals surface area contributed by atoms with E-state index in [1.54, 1.807) is 12.3 Å². The lowest BCUT2D eigenvalue weighted by molar-refractivity contribution is 0.594. The zero-order chi connectivity index (χ0) is 12.5. The summed E-state index contributed by atoms with van der Waals surface area (Å²) in [5.74, 6) is 1.43. The summed E-state index contributed by atoms with van der Waals surface area (Å²) in [6.45, 7) is 0. The molecule has 0 bridgehead atoms. The van der Waals surface area contributed by atoms with Gasteiger partial charge in [0.15, 0.2) is 5.76 Å². The van der Waals surface area contributed by atoms with Gasteiger partial charge >= 0.3 is 0 Å². The highest BCUT2D eigenvalue weighted by atomic mass is 35.5. The van der Waals surface area contributed by atoms with Gasteiger partial charge in [-0.3, -0.25) is 5.10 Å². The largest absolute Gasteiger partial charge is 0.454 e. The number of H-pyrrole nitrogens is 1. The highest BCUT2D eigenvalue weighted by Crippen LogP contribution is 2.31. The molecule has 3 rings (SSSR count). The zero-order valence-corrected chi connectivity index (χ0v) is 10.7. The Morgan fingerprint density at radius 1 is 0.944 bits per heavy atom. The topological polar surface area (TPSA) is 41.8 Å². The van der Waals surface area contributed by atoms with Crippen LogP contribution < -0.4 is 0 Å². The Morgan fingerprint density at radius 2 is 1.67 bits per heavy atom. The number of hydrogen-bond acceptors (Lipinski definition) is 2. The van der Waals surface area contributed by atoms with Gasteiger partial charge in [0.1, 0.15) is 11.5 Å². The van der Waals surface area contributed by atoms with Crippen molar-refractivity contribution in [1.82, 2.24) is 10.2 Å². The summed E-state index contributed by atoms with van der Waals surface area (Å²) in [6.07, 6.45) is 1.67. The molecule has 0 aliphatic carbocycles. The molecule has 0 unspecified atom stereocenters. The maximum Gasteiger partial charge on any atom is 0.152 e. The molecule has 0 aliphatic rings. The summed E-state index contributed by atoms with van der Waals surface area (Å²) in [5, 5.41) is 7.89. The van der Waals surface area contributed by atoms with Gasteiger partial charge in [-0.1, -0.05) is 23.2 Å². The SMILES string of the molecule is Clc1cc(Cl)cc(-c2ccc(-c3ccn[nH]3)o2)c1. The Labute approximate surface area is 113 Å². The highest BCUT2D eigenvalue weighted by Gasteiger charge is 2.09. The Bertz CT molecular complexity index is 654. The van der Waals surface area contributed by atoms with Crippen molar-refractivity contribution in [2.75, 3.05) is 0 Å². The first-order valence-electron chi connectivity index (χ1n) is 5.28. The van der Waals surface area contributed by atoms with E-state index in [9.17, 15) is 0 Å². The molecule has 18 heavy (non-hydrogen) atoms. The van der Waals surface area contributed by atoms with Crippen molar-refractivity contribution in [3.05, 3.63) is 52.6 Å². The van der Waals surface area contributed by atoms with Crippen molar-refractivity contribution in [1.29, 1.82) is 0 Å². The number of furan rings is 1. The normalized spacial score (nSPS) is 10.8. The fourth-order valence-corrected chi connectivity index (χ4v) is 2.25. The molecule has 90 valence electrons. The van der Waals surface area contributed by atoms with E-state index >= 15 is 0 Å². The van der Waals surface area contributed by atoms with Gasteiger partial charge in [0.25, 0.3) is 0 Å². The van der Waals surface area contributed by atoms with Gasteiger partial charge in [-0.25, -0.2) is 0 Å². The van der Waals surface area contributed by atoms with Crippen LogP contribution in [0.2, 0.25) is 10.0 Å². The quantitative estimate of drug-likeness (QED) is 0.742. The first kappa shape index (κ1) is 11.4. The summed E-state index contributed by atoms with van der Waals surface area (Å²) in [4.78, 5) is 0. The average molecular weight is 279 g/mol. The predicted molar refractivity (Wildman–Crippen MR) is 71.7 cm³/mol. The van der Waals surface area contributed by atoms with Gasteiger partial charge in [-0.05, 0) is 36.4 Å². The lowest BCUT2D eigenvalue weighted by atomic mass is 10.2. The molecule has 1 N–H and O–H groups in total. The van der Waals surface area contributed by atoms with E-state index < -0.39 is 0 Å². The third-order valence-corrected chi connectivity index (χ3v) is 2.96. The van der Waals surface area contributed by atoms with E-state index in [0.717, 1.165) is 17.0 Å². The second-order valence-corrected chi connectivity index (χ2v) is 4.67. The van der Waals surface area contributed by atoms with Crippen LogP contribution in [-0.2, 0) is 0 Å². The Hall–Kier alpha value is -1.71. The lowest BCUT2D eigenvalue weighted by Crippen LogP contribution is -1.75. The van der Waals surface area contributed by atoms with Crippen molar-refractivity contribution in [3.8, 4) is 22.8 Å². The monoisotopic (exact) mass is 278 g/mol. The molecule has 0 aliphatic heterocycles. The highest BCUT2D eigenvalue weighted by molar-refractivity contribution is 6.35. The number of benzene rings is 1. The standard InChI is InChI=1S/C13H8Cl2N2O/c14-9-5-8(6-10(15)7-9)12-1-2-13(18-12)11-3-4-16-17-11/h1-7H,(H,16,17). The van der Waals surface area contributed by atoms with Gasteiger partial charge < -0.3 is 4.42 Å². The number of halogens is 2. The van der Waals surface area contributed by atoms with Crippen LogP contribution in [0, 0.1) is 0 Å². The minimum absolute atomic E-state index is 0.581. The van der Waals surface area contributed by atoms with E-state index in [1.807, 2.05) is 30.3 Å². The molecule has 0 saturated heterocycles. The van der Waals surface area contributed by atoms with Crippen LogP contribution in [0.25, 0.3) is 22.8 Å². The van der Waals surface area contributed by atoms with E-state index in [-0.39, 0.29) is 0 Å². The van der Waals surface area contributed by atoms with Gasteiger partial charge in [0, 0.05) is 21.8 Å². The van der Waals surface area contributed by atoms with Crippen molar-refractivity contribution in [2.45, 2.75) is 0 Å². The molecular weight excluding hydrogens is 271 g/mol. The second kappa shape index (κ2) is 4.52. The molecule has 5 heteroatoms. The van der Waals surface area contributed by atoms with E-state index in [0.29, 0.717) is 15.8 Å². The van der Waals surface area contributed by atoms with Gasteiger partial charge in [-0.15, -0.1) is 0 Å². The molecule has 0 atom stereocenters. The maximum absolute atomic E-state index is 5.96. The number of aromatic nitrogens is 2. The fourth-order valence-electron chi connectivity index (χ4n) is 1.73. The van der Waals surface area contributed by atoms with Crippen LogP contribution in [0.3, 0.4) is 0 Å². The number of nitrogens with zero attached hydrogens (tertiary/aromatic N) is 1. The van der Waals surface area contributed by atoms with Crippen molar-refractivity contribution < 1.29 is 4.42 Å². The molecule has 0 radical (unpaired) electrons. The van der Waals surface area contributed by atoms with Gasteiger partial charge in [-0.2, -0.15) is 5.10 Å². The molecule has 0 amide bonds. The Morgan fingerprint density at radius 3 is 2.33 bits per heavy atom. The summed E-state index contributed by atoms with van der Waals surface area (Å²) < 4.78 is 5.74. The molecule has 0 spiro atoms. The van der Waals surface area contributed by atoms with Crippen molar-refractivity contribution in [2.24, 2.45) is 0 Å². The number of nitrogens with one attached hydrogen (secondary N) is 1. The summed E-state index contributed by atoms with van der Waals surface area (Å²) in [7, 11) is 0. The fraction of sp³-hybridized carbons (Fsp3) is 0. The van der Waals surface area contributed by atoms with Crippen molar-refractivity contribution >= 4 is 23.2 Å². The molecule has 0 saturated carbocycles. The van der Waals surface area contributed by atoms with Crippen LogP contribution in [0.5, 0.6) is 0 Å². The van der Waals surface area contributed by atoms with Gasteiger partial charge in [0.05, 0.1) is 0 Å². The summed E-state index contributed by atoms with van der Waals surface area (Å²) in [5.41, 5.74) is 1.67. The predicted octanol–water partition coefficient (Wildman–Crippen LogP) is 4.64. The van der Waals surface area contributed by atoms with E-state index in [2.05, 4.69) is 10.2 Å². The Balaban J connectivity index is 2.03. The van der Waals surface area contributed by atoms with E-state index in [4.69, 9.17) is 27.6 Å². The third kappa shape index (κ3) is 2.15. The van der Waals surface area contributed by atoms with Crippen LogP contribution in [0.1, 0.15) is 0 Å². The number of aromatic amines is 1. The van der Waals surface area contributed by atoms with Crippen LogP contribution >= 0.6 is 23.2 Å². The molecule has 2 aromatic heterocycles. The molecule has 3 aromatic rings. The molecule has 1 aromatic carbocycles. The smallest absolute Gasteiger partial charge is 0.152 e. The number of rotatable bonds is 2. The van der Waals surface area contributed by atoms with E-state index in [1.165, 1.54) is 0 Å². The third-order valence-electron chi connectivity index (χ3n) is 2.52. The van der Waals surface area contributed by atoms with Crippen LogP contribution in [0.4, 0.5) is 0 Å². The zero-order valence-electron chi connectivity index (χ0n) is 9.15. The summed E-state index contributed by atoms with van der Waals surface area (Å²) in [6, 6.07) is 10.9. The Kier molecular flexibility index (Phi) is 2.86. The minimum atomic E-state index is 0.581. The molecule has 3 nitrogen and oxygen atoms in total. The number of hydrogen-bond donors (Lipinski definition) is 1. The maximum atomic E-state index is 5.96. The molecule has 0 fully saturated rings. The summed E-state index contributed by atoms with van der Waals surface area (Å²) >= 11 is 11.9. The molecular formula is C13H8Cl2N2O. The minimum Gasteiger partial charge on any atom is -0.454 e. The van der Waals surface area contributed by atoms with Crippen LogP contribution in [0.15, 0.2) is 47.0 Å². The van der Waals surface area contributed by atoms with Gasteiger partial charge in [0.2, 0.25) is 0 Å². The lowest BCUT2D eigenvalue weighted by Gasteiger charge is -1.99. The average Bonchev–Trinajstić information content (AvgIpc) is 2.99. The van der Waals surface area contributed by atoms with Crippen LogP contribution in [-0.4, -0.2) is 10.2 Å². The molecule has 2 heterocycles. The van der Waals surface area contributed by atoms with Crippen molar-refractivity contribution in [3.63, 3.8) is 0 Å².